The molecule has 1 heterocycles. The lowest BCUT2D eigenvalue weighted by molar-refractivity contribution is -0.117. The van der Waals surface area contributed by atoms with Crippen LogP contribution in [0.15, 0.2) is 76.6 Å². The zero-order valence-electron chi connectivity index (χ0n) is 17.0. The van der Waals surface area contributed by atoms with Crippen LogP contribution in [-0.4, -0.2) is 24.8 Å². The summed E-state index contributed by atoms with van der Waals surface area (Å²) in [5.41, 5.74) is 2.43. The molecule has 160 valence electrons. The number of anilines is 1. The van der Waals surface area contributed by atoms with Gasteiger partial charge in [-0.3, -0.25) is 14.4 Å². The van der Waals surface area contributed by atoms with E-state index in [0.717, 1.165) is 18.1 Å². The number of amides is 2. The highest BCUT2D eigenvalue weighted by atomic mass is 32.2. The van der Waals surface area contributed by atoms with Crippen LogP contribution in [0.5, 0.6) is 0 Å². The highest BCUT2D eigenvalue weighted by Crippen LogP contribution is 2.15. The molecule has 0 saturated carbocycles. The molecule has 0 bridgehead atoms. The highest BCUT2D eigenvalue weighted by molar-refractivity contribution is 7.90. The lowest BCUT2D eigenvalue weighted by atomic mass is 10.1. The van der Waals surface area contributed by atoms with Gasteiger partial charge in [-0.1, -0.05) is 24.3 Å². The quantitative estimate of drug-likeness (QED) is 0.612. The zero-order chi connectivity index (χ0) is 22.6. The number of hydrogen-bond acceptors (Lipinski definition) is 5. The second-order valence-corrected chi connectivity index (χ2v) is 8.63. The molecule has 0 aliphatic carbocycles. The Kier molecular flexibility index (Phi) is 6.36. The third-order valence-electron chi connectivity index (χ3n) is 4.55. The molecule has 0 saturated heterocycles. The lowest BCUT2D eigenvalue weighted by Crippen LogP contribution is -2.28. The van der Waals surface area contributed by atoms with Gasteiger partial charge in [0.1, 0.15) is 0 Å². The molecular weight excluding hydrogens is 418 g/mol. The second kappa shape index (κ2) is 8.97. The first-order valence-electron chi connectivity index (χ1n) is 9.35. The molecule has 31 heavy (non-hydrogen) atoms. The van der Waals surface area contributed by atoms with Crippen LogP contribution in [0.4, 0.5) is 5.69 Å². The number of aromatic nitrogens is 1. The summed E-state index contributed by atoms with van der Waals surface area (Å²) >= 11 is 0. The molecule has 3 aromatic rings. The van der Waals surface area contributed by atoms with E-state index in [1.165, 1.54) is 47.2 Å². The first-order valence-corrected chi connectivity index (χ1v) is 10.8. The Morgan fingerprint density at radius 1 is 0.968 bits per heavy atom. The van der Waals surface area contributed by atoms with Gasteiger partial charge < -0.3 is 9.88 Å². The van der Waals surface area contributed by atoms with Gasteiger partial charge in [-0.25, -0.2) is 13.1 Å². The average Bonchev–Trinajstić information content (AvgIpc) is 2.70. The van der Waals surface area contributed by atoms with Crippen molar-refractivity contribution in [2.45, 2.75) is 25.3 Å². The summed E-state index contributed by atoms with van der Waals surface area (Å²) in [6.07, 6.45) is 1.49. The number of carbonyl (C=O) groups is 2. The first-order chi connectivity index (χ1) is 14.7. The standard InChI is InChI=1S/C22H21N3O5S/c1-15-5-3-4-6-17(15)13-25-14-18(7-12-21(25)27)22(28)23-19-8-10-20(11-9-19)31(29,30)24-16(2)26/h3-12,14H,13H2,1-2H3,(H,23,28)(H,24,26). The smallest absolute Gasteiger partial charge is 0.264 e. The number of pyridine rings is 1. The monoisotopic (exact) mass is 439 g/mol. The summed E-state index contributed by atoms with van der Waals surface area (Å²) in [6.45, 7) is 3.39. The van der Waals surface area contributed by atoms with E-state index < -0.39 is 21.8 Å². The van der Waals surface area contributed by atoms with Gasteiger partial charge in [-0.05, 0) is 48.4 Å². The normalized spacial score (nSPS) is 11.0. The van der Waals surface area contributed by atoms with E-state index in [1.54, 1.807) is 0 Å². The maximum absolute atomic E-state index is 12.6. The van der Waals surface area contributed by atoms with Gasteiger partial charge in [0.05, 0.1) is 17.0 Å². The fourth-order valence-corrected chi connectivity index (χ4v) is 3.92. The molecule has 8 nitrogen and oxygen atoms in total. The fourth-order valence-electron chi connectivity index (χ4n) is 2.93. The summed E-state index contributed by atoms with van der Waals surface area (Å²) in [4.78, 5) is 35.8. The van der Waals surface area contributed by atoms with Crippen LogP contribution >= 0.6 is 0 Å². The lowest BCUT2D eigenvalue weighted by Gasteiger charge is -2.11. The molecule has 2 amide bonds. The Labute approximate surface area is 179 Å². The van der Waals surface area contributed by atoms with Crippen LogP contribution in [0.3, 0.4) is 0 Å². The summed E-state index contributed by atoms with van der Waals surface area (Å²) in [5, 5.41) is 2.66. The Morgan fingerprint density at radius 2 is 1.65 bits per heavy atom. The van der Waals surface area contributed by atoms with Crippen molar-refractivity contribution in [2.75, 3.05) is 5.32 Å². The molecule has 0 spiro atoms. The maximum Gasteiger partial charge on any atom is 0.264 e. The topological polar surface area (TPSA) is 114 Å². The van der Waals surface area contributed by atoms with E-state index in [1.807, 2.05) is 35.9 Å². The van der Waals surface area contributed by atoms with Crippen LogP contribution in [0.2, 0.25) is 0 Å². The highest BCUT2D eigenvalue weighted by Gasteiger charge is 2.15. The van der Waals surface area contributed by atoms with Gasteiger partial charge in [0.15, 0.2) is 0 Å². The van der Waals surface area contributed by atoms with Gasteiger partial charge in [-0.2, -0.15) is 0 Å². The van der Waals surface area contributed by atoms with Crippen molar-refractivity contribution in [3.63, 3.8) is 0 Å². The van der Waals surface area contributed by atoms with Gasteiger partial charge in [0.2, 0.25) is 5.91 Å². The maximum atomic E-state index is 12.6. The van der Waals surface area contributed by atoms with Crippen LogP contribution in [0.1, 0.15) is 28.4 Å². The minimum absolute atomic E-state index is 0.104. The summed E-state index contributed by atoms with van der Waals surface area (Å²) in [6, 6.07) is 15.8. The van der Waals surface area contributed by atoms with Crippen LogP contribution in [0, 0.1) is 6.92 Å². The molecule has 3 rings (SSSR count). The van der Waals surface area contributed by atoms with E-state index in [9.17, 15) is 22.8 Å². The molecule has 0 unspecified atom stereocenters. The van der Waals surface area contributed by atoms with E-state index in [2.05, 4.69) is 5.32 Å². The Bertz CT molecular complexity index is 1300. The Hall–Kier alpha value is -3.72. The van der Waals surface area contributed by atoms with Crippen LogP contribution in [0.25, 0.3) is 0 Å². The van der Waals surface area contributed by atoms with E-state index in [0.29, 0.717) is 12.2 Å². The van der Waals surface area contributed by atoms with E-state index >= 15 is 0 Å². The van der Waals surface area contributed by atoms with E-state index in [4.69, 9.17) is 0 Å². The van der Waals surface area contributed by atoms with Crippen molar-refractivity contribution in [1.29, 1.82) is 0 Å². The van der Waals surface area contributed by atoms with Gasteiger partial charge in [0, 0.05) is 24.9 Å². The molecule has 0 radical (unpaired) electrons. The number of carbonyl (C=O) groups excluding carboxylic acids is 2. The number of rotatable bonds is 6. The van der Waals surface area contributed by atoms with Gasteiger partial charge >= 0.3 is 0 Å². The summed E-state index contributed by atoms with van der Waals surface area (Å²) in [5.74, 6) is -1.14. The third-order valence-corrected chi connectivity index (χ3v) is 6.00. The first kappa shape index (κ1) is 22.0. The fraction of sp³-hybridized carbons (Fsp3) is 0.136. The third kappa shape index (κ3) is 5.46. The van der Waals surface area contributed by atoms with Crippen molar-refractivity contribution < 1.29 is 18.0 Å². The number of hydrogen-bond donors (Lipinski definition) is 2. The molecule has 0 fully saturated rings. The predicted octanol–water partition coefficient (Wildman–Crippen LogP) is 2.28. The molecule has 0 aliphatic heterocycles. The van der Waals surface area contributed by atoms with Crippen LogP contribution in [-0.2, 0) is 21.4 Å². The number of benzene rings is 2. The van der Waals surface area contributed by atoms with Crippen molar-refractivity contribution in [3.05, 3.63) is 93.9 Å². The summed E-state index contributed by atoms with van der Waals surface area (Å²) < 4.78 is 27.3. The molecular formula is C22H21N3O5S. The predicted molar refractivity (Wildman–Crippen MR) is 116 cm³/mol. The zero-order valence-corrected chi connectivity index (χ0v) is 17.8. The average molecular weight is 439 g/mol. The van der Waals surface area contributed by atoms with Crippen molar-refractivity contribution in [1.82, 2.24) is 9.29 Å². The molecule has 0 atom stereocenters. The minimum Gasteiger partial charge on any atom is -0.322 e. The summed E-state index contributed by atoms with van der Waals surface area (Å²) in [7, 11) is -3.95. The number of nitrogens with one attached hydrogen (secondary N) is 2. The largest absolute Gasteiger partial charge is 0.322 e. The SMILES string of the molecule is CC(=O)NS(=O)(=O)c1ccc(NC(=O)c2ccc(=O)n(Cc3ccccc3C)c2)cc1. The molecule has 9 heteroatoms. The molecule has 2 N–H and O–H groups in total. The van der Waals surface area contributed by atoms with E-state index in [-0.39, 0.29) is 16.0 Å². The second-order valence-electron chi connectivity index (χ2n) is 6.95. The number of aryl methyl sites for hydroxylation is 1. The number of nitrogens with zero attached hydrogens (tertiary/aromatic N) is 1. The molecule has 2 aromatic carbocycles. The Balaban J connectivity index is 1.77. The van der Waals surface area contributed by atoms with Gasteiger partial charge in [-0.15, -0.1) is 0 Å². The number of sulfonamides is 1. The molecule has 0 aliphatic rings. The van der Waals surface area contributed by atoms with Crippen LogP contribution < -0.4 is 15.6 Å². The van der Waals surface area contributed by atoms with Crippen molar-refractivity contribution in [2.24, 2.45) is 0 Å². The minimum atomic E-state index is -3.95. The Morgan fingerprint density at radius 3 is 2.29 bits per heavy atom. The molecule has 1 aromatic heterocycles. The van der Waals surface area contributed by atoms with Crippen molar-refractivity contribution >= 4 is 27.5 Å². The van der Waals surface area contributed by atoms with Crippen molar-refractivity contribution in [3.8, 4) is 0 Å². The van der Waals surface area contributed by atoms with Gasteiger partial charge in [0.25, 0.3) is 21.5 Å².